The average Bonchev–Trinajstić information content (AvgIpc) is 3.30. The van der Waals surface area contributed by atoms with Crippen molar-refractivity contribution in [2.24, 2.45) is 5.16 Å². The van der Waals surface area contributed by atoms with E-state index in [2.05, 4.69) is 10.5 Å². The van der Waals surface area contributed by atoms with Crippen LogP contribution in [-0.4, -0.2) is 17.8 Å². The van der Waals surface area contributed by atoms with Crippen LogP contribution >= 0.6 is 0 Å². The Morgan fingerprint density at radius 2 is 1.60 bits per heavy atom. The second-order valence-electron chi connectivity index (χ2n) is 7.96. The Kier molecular flexibility index (Phi) is 6.31. The Balaban J connectivity index is 1.52. The third-order valence-corrected chi connectivity index (χ3v) is 5.62. The summed E-state index contributed by atoms with van der Waals surface area (Å²) in [6.45, 7) is 0.299. The number of carbonyl (C=O) groups excluding carboxylic acids is 1. The smallest absolute Gasteiger partial charge is 0.374 e. The molecule has 1 N–H and O–H groups in total. The normalized spacial score (nSPS) is 18.1. The van der Waals surface area contributed by atoms with Crippen molar-refractivity contribution >= 4 is 11.6 Å². The highest BCUT2D eigenvalue weighted by molar-refractivity contribution is 6.03. The van der Waals surface area contributed by atoms with Gasteiger partial charge in [0.15, 0.2) is 0 Å². The van der Waals surface area contributed by atoms with Gasteiger partial charge in [0.05, 0.1) is 11.3 Å². The standard InChI is InChI=1S/C25H18F6N2O2/c26-24(27,28)20-8-4-7-19(13-20)23(25(29,30)31)14-21(33-35-23)17-9-11-18(12-10-17)22(34)32-15-16-5-2-1-3-6-16/h1-13H,14-15H2,(H,32,34). The molecule has 0 bridgehead atoms. The maximum absolute atomic E-state index is 14.1. The van der Waals surface area contributed by atoms with Gasteiger partial charge in [-0.15, -0.1) is 0 Å². The lowest BCUT2D eigenvalue weighted by Gasteiger charge is -2.30. The molecule has 3 aromatic carbocycles. The Morgan fingerprint density at radius 3 is 2.23 bits per heavy atom. The van der Waals surface area contributed by atoms with E-state index in [9.17, 15) is 31.1 Å². The van der Waals surface area contributed by atoms with Gasteiger partial charge in [-0.05, 0) is 35.4 Å². The highest BCUT2D eigenvalue weighted by atomic mass is 19.4. The SMILES string of the molecule is O=C(NCc1ccccc1)c1ccc(C2=NOC(c3cccc(C(F)(F)F)c3)(C(F)(F)F)C2)cc1. The van der Waals surface area contributed by atoms with Gasteiger partial charge in [-0.3, -0.25) is 4.79 Å². The molecule has 1 aliphatic heterocycles. The summed E-state index contributed by atoms with van der Waals surface area (Å²) in [4.78, 5) is 17.2. The molecule has 10 heteroatoms. The molecule has 3 aromatic rings. The second kappa shape index (κ2) is 9.09. The van der Waals surface area contributed by atoms with Gasteiger partial charge in [0, 0.05) is 24.1 Å². The molecule has 4 rings (SSSR count). The third kappa shape index (κ3) is 5.01. The van der Waals surface area contributed by atoms with E-state index in [-0.39, 0.29) is 22.7 Å². The average molecular weight is 492 g/mol. The lowest BCUT2D eigenvalue weighted by molar-refractivity contribution is -0.276. The summed E-state index contributed by atoms with van der Waals surface area (Å²) < 4.78 is 81.5. The zero-order chi connectivity index (χ0) is 25.3. The number of halogens is 6. The van der Waals surface area contributed by atoms with Crippen molar-refractivity contribution in [2.45, 2.75) is 30.9 Å². The molecule has 0 saturated carbocycles. The molecule has 0 fully saturated rings. The maximum Gasteiger partial charge on any atom is 0.435 e. The van der Waals surface area contributed by atoms with Gasteiger partial charge < -0.3 is 10.2 Å². The number of hydrogen-bond acceptors (Lipinski definition) is 3. The van der Waals surface area contributed by atoms with Gasteiger partial charge in [0.1, 0.15) is 0 Å². The van der Waals surface area contributed by atoms with E-state index >= 15 is 0 Å². The van der Waals surface area contributed by atoms with Crippen LogP contribution in [0.4, 0.5) is 26.3 Å². The van der Waals surface area contributed by atoms with E-state index in [0.717, 1.165) is 17.7 Å². The lowest BCUT2D eigenvalue weighted by atomic mass is 9.85. The monoisotopic (exact) mass is 492 g/mol. The quantitative estimate of drug-likeness (QED) is 0.430. The van der Waals surface area contributed by atoms with Crippen molar-refractivity contribution in [3.63, 3.8) is 0 Å². The van der Waals surface area contributed by atoms with E-state index in [0.29, 0.717) is 18.7 Å². The van der Waals surface area contributed by atoms with Crippen LogP contribution in [0.2, 0.25) is 0 Å². The van der Waals surface area contributed by atoms with Crippen LogP contribution in [0.3, 0.4) is 0 Å². The molecular formula is C25H18F6N2O2. The second-order valence-corrected chi connectivity index (χ2v) is 7.96. The Labute approximate surface area is 196 Å². The molecule has 0 aliphatic carbocycles. The predicted octanol–water partition coefficient (Wildman–Crippen LogP) is 6.22. The third-order valence-electron chi connectivity index (χ3n) is 5.62. The summed E-state index contributed by atoms with van der Waals surface area (Å²) in [5.74, 6) is -0.376. The van der Waals surface area contributed by atoms with Gasteiger partial charge in [0.2, 0.25) is 0 Å². The predicted molar refractivity (Wildman–Crippen MR) is 115 cm³/mol. The first-order valence-corrected chi connectivity index (χ1v) is 10.4. The summed E-state index contributed by atoms with van der Waals surface area (Å²) in [7, 11) is 0. The summed E-state index contributed by atoms with van der Waals surface area (Å²) >= 11 is 0. The Bertz CT molecular complexity index is 1240. The Hall–Kier alpha value is -3.82. The first-order valence-electron chi connectivity index (χ1n) is 10.4. The number of nitrogens with one attached hydrogen (secondary N) is 1. The number of amides is 1. The fourth-order valence-electron chi connectivity index (χ4n) is 3.70. The summed E-state index contributed by atoms with van der Waals surface area (Å²) in [5, 5.41) is 6.30. The van der Waals surface area contributed by atoms with Gasteiger partial charge in [-0.2, -0.15) is 26.3 Å². The van der Waals surface area contributed by atoms with E-state index in [1.165, 1.54) is 24.3 Å². The molecule has 1 unspecified atom stereocenters. The van der Waals surface area contributed by atoms with Crippen LogP contribution in [-0.2, 0) is 23.2 Å². The van der Waals surface area contributed by atoms with Gasteiger partial charge in [0.25, 0.3) is 11.5 Å². The van der Waals surface area contributed by atoms with Crippen LogP contribution in [0.25, 0.3) is 0 Å². The van der Waals surface area contributed by atoms with Crippen LogP contribution in [0, 0.1) is 0 Å². The zero-order valence-corrected chi connectivity index (χ0v) is 18.0. The van der Waals surface area contributed by atoms with E-state index in [1.807, 2.05) is 30.3 Å². The van der Waals surface area contributed by atoms with Crippen molar-refractivity contribution < 1.29 is 36.0 Å². The number of benzene rings is 3. The first-order chi connectivity index (χ1) is 16.5. The van der Waals surface area contributed by atoms with Crippen molar-refractivity contribution in [1.82, 2.24) is 5.32 Å². The molecule has 1 heterocycles. The van der Waals surface area contributed by atoms with E-state index < -0.39 is 35.5 Å². The molecule has 182 valence electrons. The highest BCUT2D eigenvalue weighted by Crippen LogP contribution is 2.49. The molecule has 35 heavy (non-hydrogen) atoms. The van der Waals surface area contributed by atoms with Crippen molar-refractivity contribution in [1.29, 1.82) is 0 Å². The minimum atomic E-state index is -5.04. The maximum atomic E-state index is 14.1. The minimum absolute atomic E-state index is 0.101. The number of rotatable bonds is 5. The van der Waals surface area contributed by atoms with E-state index in [1.54, 1.807) is 0 Å². The number of oxime groups is 1. The van der Waals surface area contributed by atoms with Gasteiger partial charge >= 0.3 is 12.4 Å². The van der Waals surface area contributed by atoms with Crippen molar-refractivity contribution in [2.75, 3.05) is 0 Å². The van der Waals surface area contributed by atoms with Gasteiger partial charge in [-0.1, -0.05) is 59.8 Å². The van der Waals surface area contributed by atoms with Crippen molar-refractivity contribution in [3.05, 3.63) is 107 Å². The molecule has 1 aliphatic rings. The fraction of sp³-hybridized carbons (Fsp3) is 0.200. The molecule has 1 atom stereocenters. The number of hydrogen-bond donors (Lipinski definition) is 1. The van der Waals surface area contributed by atoms with Crippen molar-refractivity contribution in [3.8, 4) is 0 Å². The fourth-order valence-corrected chi connectivity index (χ4v) is 3.70. The molecule has 4 nitrogen and oxygen atoms in total. The summed E-state index contributed by atoms with van der Waals surface area (Å²) in [6.07, 6.45) is -10.7. The number of carbonyl (C=O) groups is 1. The summed E-state index contributed by atoms with van der Waals surface area (Å²) in [6, 6.07) is 17.8. The van der Waals surface area contributed by atoms with Gasteiger partial charge in [-0.25, -0.2) is 0 Å². The largest absolute Gasteiger partial charge is 0.435 e. The number of alkyl halides is 6. The van der Waals surface area contributed by atoms with Crippen LogP contribution in [0.1, 0.15) is 39.0 Å². The van der Waals surface area contributed by atoms with Crippen LogP contribution in [0.15, 0.2) is 84.0 Å². The molecule has 0 radical (unpaired) electrons. The summed E-state index contributed by atoms with van der Waals surface area (Å²) in [5.41, 5.74) is -3.65. The lowest BCUT2D eigenvalue weighted by Crippen LogP contribution is -2.42. The minimum Gasteiger partial charge on any atom is -0.374 e. The molecule has 0 spiro atoms. The molecular weight excluding hydrogens is 474 g/mol. The number of nitrogens with zero attached hydrogens (tertiary/aromatic N) is 1. The molecule has 0 saturated heterocycles. The van der Waals surface area contributed by atoms with Crippen LogP contribution in [0.5, 0.6) is 0 Å². The highest BCUT2D eigenvalue weighted by Gasteiger charge is 2.62. The van der Waals surface area contributed by atoms with E-state index in [4.69, 9.17) is 4.84 Å². The van der Waals surface area contributed by atoms with Crippen LogP contribution < -0.4 is 5.32 Å². The Morgan fingerprint density at radius 1 is 0.914 bits per heavy atom. The topological polar surface area (TPSA) is 50.7 Å². The molecule has 1 amide bonds. The molecule has 0 aromatic heterocycles. The first kappa shape index (κ1) is 24.3. The zero-order valence-electron chi connectivity index (χ0n) is 18.0.